The van der Waals surface area contributed by atoms with Crippen molar-refractivity contribution in [2.24, 2.45) is 0 Å². The molecule has 1 aromatic rings. The molecule has 0 aliphatic rings. The normalized spacial score (nSPS) is 12.6. The zero-order valence-corrected chi connectivity index (χ0v) is 6.92. The number of anilines is 1. The van der Waals surface area contributed by atoms with Gasteiger partial charge in [0, 0.05) is 12.2 Å². The summed E-state index contributed by atoms with van der Waals surface area (Å²) >= 11 is 0. The van der Waals surface area contributed by atoms with E-state index < -0.39 is 6.10 Å². The van der Waals surface area contributed by atoms with Gasteiger partial charge in [0.25, 0.3) is 0 Å². The highest BCUT2D eigenvalue weighted by molar-refractivity contribution is 5.42. The zero-order chi connectivity index (χ0) is 8.97. The zero-order valence-electron chi connectivity index (χ0n) is 6.92. The van der Waals surface area contributed by atoms with Crippen LogP contribution in [0, 0.1) is 5.82 Å². The van der Waals surface area contributed by atoms with Gasteiger partial charge in [0.05, 0.1) is 6.10 Å². The van der Waals surface area contributed by atoms with Crippen LogP contribution >= 0.6 is 0 Å². The molecule has 0 radical (unpaired) electrons. The number of nitrogens with one attached hydrogen (secondary N) is 1. The van der Waals surface area contributed by atoms with Gasteiger partial charge in [-0.3, -0.25) is 0 Å². The summed E-state index contributed by atoms with van der Waals surface area (Å²) in [5.74, 6) is -0.273. The van der Waals surface area contributed by atoms with Crippen molar-refractivity contribution in [3.05, 3.63) is 30.1 Å². The third kappa shape index (κ3) is 2.88. The molecule has 0 bridgehead atoms. The highest BCUT2D eigenvalue weighted by Crippen LogP contribution is 2.08. The molecule has 0 aliphatic carbocycles. The predicted molar refractivity (Wildman–Crippen MR) is 46.6 cm³/mol. The van der Waals surface area contributed by atoms with Gasteiger partial charge in [0.2, 0.25) is 0 Å². The molecule has 0 aliphatic heterocycles. The lowest BCUT2D eigenvalue weighted by molar-refractivity contribution is 0.208. The van der Waals surface area contributed by atoms with E-state index in [2.05, 4.69) is 5.32 Å². The van der Waals surface area contributed by atoms with E-state index in [1.54, 1.807) is 19.1 Å². The molecule has 0 saturated carbocycles. The molecule has 0 saturated heterocycles. The molecule has 1 aromatic carbocycles. The molecule has 1 rings (SSSR count). The van der Waals surface area contributed by atoms with Crippen molar-refractivity contribution in [3.63, 3.8) is 0 Å². The standard InChI is InChI=1S/C9H12FNO/c1-7(12)6-11-9-4-2-3-8(10)5-9/h2-5,7,11-12H,6H2,1H3. The van der Waals surface area contributed by atoms with Crippen LogP contribution in [0.25, 0.3) is 0 Å². The summed E-state index contributed by atoms with van der Waals surface area (Å²) in [5, 5.41) is 11.8. The summed E-state index contributed by atoms with van der Waals surface area (Å²) < 4.78 is 12.6. The fourth-order valence-electron chi connectivity index (χ4n) is 0.864. The van der Waals surface area contributed by atoms with Gasteiger partial charge >= 0.3 is 0 Å². The number of hydrogen-bond acceptors (Lipinski definition) is 2. The molecule has 0 spiro atoms. The molecule has 3 heteroatoms. The van der Waals surface area contributed by atoms with Gasteiger partial charge in [-0.15, -0.1) is 0 Å². The fraction of sp³-hybridized carbons (Fsp3) is 0.333. The Morgan fingerprint density at radius 1 is 1.58 bits per heavy atom. The molecule has 0 amide bonds. The number of aliphatic hydroxyl groups excluding tert-OH is 1. The van der Waals surface area contributed by atoms with Crippen LogP contribution in [0.15, 0.2) is 24.3 Å². The summed E-state index contributed by atoms with van der Waals surface area (Å²) in [4.78, 5) is 0. The minimum Gasteiger partial charge on any atom is -0.392 e. The predicted octanol–water partition coefficient (Wildman–Crippen LogP) is 1.62. The minimum absolute atomic E-state index is 0.273. The second kappa shape index (κ2) is 4.07. The Bertz CT molecular complexity index is 250. The highest BCUT2D eigenvalue weighted by atomic mass is 19.1. The van der Waals surface area contributed by atoms with Crippen molar-refractivity contribution >= 4 is 5.69 Å². The van der Waals surface area contributed by atoms with Crippen molar-refractivity contribution < 1.29 is 9.50 Å². The summed E-state index contributed by atoms with van der Waals surface area (Å²) in [6.07, 6.45) is -0.423. The Labute approximate surface area is 71.0 Å². The van der Waals surface area contributed by atoms with Gasteiger partial charge in [-0.2, -0.15) is 0 Å². The molecular formula is C9H12FNO. The number of rotatable bonds is 3. The maximum atomic E-state index is 12.6. The van der Waals surface area contributed by atoms with E-state index in [9.17, 15) is 4.39 Å². The first-order valence-electron chi connectivity index (χ1n) is 3.86. The third-order valence-corrected chi connectivity index (χ3v) is 1.43. The Balaban J connectivity index is 2.52. The van der Waals surface area contributed by atoms with Gasteiger partial charge in [-0.1, -0.05) is 6.07 Å². The molecule has 0 heterocycles. The van der Waals surface area contributed by atoms with Gasteiger partial charge in [-0.25, -0.2) is 4.39 Å². The van der Waals surface area contributed by atoms with E-state index in [1.165, 1.54) is 12.1 Å². The second-order valence-electron chi connectivity index (χ2n) is 2.74. The molecule has 66 valence electrons. The number of benzene rings is 1. The van der Waals surface area contributed by atoms with Crippen LogP contribution in [-0.4, -0.2) is 17.8 Å². The molecule has 2 N–H and O–H groups in total. The number of hydrogen-bond donors (Lipinski definition) is 2. The fourth-order valence-corrected chi connectivity index (χ4v) is 0.864. The molecule has 12 heavy (non-hydrogen) atoms. The number of halogens is 1. The first-order chi connectivity index (χ1) is 5.68. The van der Waals surface area contributed by atoms with Crippen LogP contribution in [-0.2, 0) is 0 Å². The summed E-state index contributed by atoms with van der Waals surface area (Å²) in [6.45, 7) is 2.11. The monoisotopic (exact) mass is 169 g/mol. The average molecular weight is 169 g/mol. The van der Waals surface area contributed by atoms with Crippen molar-refractivity contribution in [1.82, 2.24) is 0 Å². The van der Waals surface area contributed by atoms with Crippen LogP contribution in [0.5, 0.6) is 0 Å². The Kier molecular flexibility index (Phi) is 3.05. The van der Waals surface area contributed by atoms with Gasteiger partial charge in [-0.05, 0) is 25.1 Å². The lowest BCUT2D eigenvalue weighted by Crippen LogP contribution is -2.15. The summed E-state index contributed by atoms with van der Waals surface area (Å²) in [7, 11) is 0. The van der Waals surface area contributed by atoms with E-state index in [-0.39, 0.29) is 5.82 Å². The lowest BCUT2D eigenvalue weighted by Gasteiger charge is -2.07. The Morgan fingerprint density at radius 2 is 2.33 bits per heavy atom. The van der Waals surface area contributed by atoms with Gasteiger partial charge < -0.3 is 10.4 Å². The van der Waals surface area contributed by atoms with E-state index in [0.717, 1.165) is 0 Å². The minimum atomic E-state index is -0.423. The van der Waals surface area contributed by atoms with Gasteiger partial charge in [0.1, 0.15) is 5.82 Å². The van der Waals surface area contributed by atoms with Crippen molar-refractivity contribution in [3.8, 4) is 0 Å². The first kappa shape index (κ1) is 9.00. The average Bonchev–Trinajstić information content (AvgIpc) is 2.01. The van der Waals surface area contributed by atoms with E-state index >= 15 is 0 Å². The number of aliphatic hydroxyl groups is 1. The third-order valence-electron chi connectivity index (χ3n) is 1.43. The van der Waals surface area contributed by atoms with Crippen molar-refractivity contribution in [2.75, 3.05) is 11.9 Å². The SMILES string of the molecule is CC(O)CNc1cccc(F)c1. The molecule has 1 unspecified atom stereocenters. The van der Waals surface area contributed by atoms with E-state index in [1.807, 2.05) is 0 Å². The molecule has 1 atom stereocenters. The maximum Gasteiger partial charge on any atom is 0.125 e. The largest absolute Gasteiger partial charge is 0.392 e. The molecular weight excluding hydrogens is 157 g/mol. The van der Waals surface area contributed by atoms with Crippen molar-refractivity contribution in [2.45, 2.75) is 13.0 Å². The van der Waals surface area contributed by atoms with Crippen LogP contribution in [0.4, 0.5) is 10.1 Å². The Hall–Kier alpha value is -1.09. The quantitative estimate of drug-likeness (QED) is 0.720. The smallest absolute Gasteiger partial charge is 0.125 e. The molecule has 2 nitrogen and oxygen atoms in total. The maximum absolute atomic E-state index is 12.6. The summed E-state index contributed by atoms with van der Waals surface area (Å²) in [5.41, 5.74) is 0.691. The highest BCUT2D eigenvalue weighted by Gasteiger charge is 1.96. The lowest BCUT2D eigenvalue weighted by atomic mass is 10.3. The van der Waals surface area contributed by atoms with Crippen LogP contribution in [0.2, 0.25) is 0 Å². The van der Waals surface area contributed by atoms with Crippen molar-refractivity contribution in [1.29, 1.82) is 0 Å². The first-order valence-corrected chi connectivity index (χ1v) is 3.86. The van der Waals surface area contributed by atoms with Crippen LogP contribution < -0.4 is 5.32 Å². The van der Waals surface area contributed by atoms with Crippen LogP contribution in [0.1, 0.15) is 6.92 Å². The van der Waals surface area contributed by atoms with E-state index in [4.69, 9.17) is 5.11 Å². The topological polar surface area (TPSA) is 32.3 Å². The second-order valence-corrected chi connectivity index (χ2v) is 2.74. The Morgan fingerprint density at radius 3 is 2.92 bits per heavy atom. The van der Waals surface area contributed by atoms with Crippen LogP contribution in [0.3, 0.4) is 0 Å². The summed E-state index contributed by atoms with van der Waals surface area (Å²) in [6, 6.07) is 6.15. The van der Waals surface area contributed by atoms with Gasteiger partial charge in [0.15, 0.2) is 0 Å². The molecule has 0 fully saturated rings. The van der Waals surface area contributed by atoms with E-state index in [0.29, 0.717) is 12.2 Å². The molecule has 0 aromatic heterocycles.